The van der Waals surface area contributed by atoms with Crippen molar-refractivity contribution in [1.29, 1.82) is 0 Å². The summed E-state index contributed by atoms with van der Waals surface area (Å²) in [6.45, 7) is 6.48. The molecule has 2 N–H and O–H groups in total. The standard InChI is InChI=1S/C9H18N2S/c1-4-9(2,3)11-8(12)10-7-5-6-7/h7H,4-6H2,1-3H3,(H2,10,11,12). The molecule has 0 atom stereocenters. The van der Waals surface area contributed by atoms with Crippen LogP contribution in [-0.2, 0) is 0 Å². The van der Waals surface area contributed by atoms with Gasteiger partial charge in [-0.25, -0.2) is 0 Å². The highest BCUT2D eigenvalue weighted by Gasteiger charge is 2.23. The molecule has 0 saturated heterocycles. The minimum atomic E-state index is 0.124. The molecular formula is C9H18N2S. The van der Waals surface area contributed by atoms with Crippen LogP contribution < -0.4 is 10.6 Å². The minimum absolute atomic E-state index is 0.124. The van der Waals surface area contributed by atoms with Gasteiger partial charge in [0.15, 0.2) is 5.11 Å². The smallest absolute Gasteiger partial charge is 0.166 e. The largest absolute Gasteiger partial charge is 0.360 e. The number of thiocarbonyl (C=S) groups is 1. The molecule has 1 fully saturated rings. The number of nitrogens with one attached hydrogen (secondary N) is 2. The second-order valence-corrected chi connectivity index (χ2v) is 4.52. The van der Waals surface area contributed by atoms with Crippen LogP contribution in [0.25, 0.3) is 0 Å². The van der Waals surface area contributed by atoms with Gasteiger partial charge >= 0.3 is 0 Å². The molecule has 0 spiro atoms. The zero-order valence-electron chi connectivity index (χ0n) is 8.11. The number of rotatable bonds is 3. The van der Waals surface area contributed by atoms with Crippen LogP contribution in [0.4, 0.5) is 0 Å². The van der Waals surface area contributed by atoms with Gasteiger partial charge in [-0.1, -0.05) is 6.92 Å². The van der Waals surface area contributed by atoms with Crippen molar-refractivity contribution < 1.29 is 0 Å². The Kier molecular flexibility index (Phi) is 2.94. The third-order valence-corrected chi connectivity index (χ3v) is 2.47. The zero-order chi connectivity index (χ0) is 9.19. The molecule has 0 bridgehead atoms. The summed E-state index contributed by atoms with van der Waals surface area (Å²) in [4.78, 5) is 0. The molecule has 0 aliphatic heterocycles. The summed E-state index contributed by atoms with van der Waals surface area (Å²) in [5.41, 5.74) is 0.124. The Bertz CT molecular complexity index is 173. The molecule has 0 heterocycles. The van der Waals surface area contributed by atoms with Gasteiger partial charge in [-0.05, 0) is 45.3 Å². The normalized spacial score (nSPS) is 17.2. The van der Waals surface area contributed by atoms with Gasteiger partial charge in [0, 0.05) is 11.6 Å². The molecule has 1 aliphatic carbocycles. The van der Waals surface area contributed by atoms with Crippen LogP contribution in [0.5, 0.6) is 0 Å². The first-order valence-electron chi connectivity index (χ1n) is 4.62. The molecule has 2 nitrogen and oxygen atoms in total. The second kappa shape index (κ2) is 3.60. The Morgan fingerprint density at radius 3 is 2.50 bits per heavy atom. The summed E-state index contributed by atoms with van der Waals surface area (Å²) in [5, 5.41) is 7.37. The fourth-order valence-electron chi connectivity index (χ4n) is 0.845. The lowest BCUT2D eigenvalue weighted by molar-refractivity contribution is 0.442. The summed E-state index contributed by atoms with van der Waals surface area (Å²) in [6, 6.07) is 0.651. The van der Waals surface area contributed by atoms with Crippen molar-refractivity contribution in [1.82, 2.24) is 10.6 Å². The van der Waals surface area contributed by atoms with Gasteiger partial charge < -0.3 is 10.6 Å². The fourth-order valence-corrected chi connectivity index (χ4v) is 1.29. The molecular weight excluding hydrogens is 168 g/mol. The molecule has 1 aliphatic rings. The third-order valence-electron chi connectivity index (χ3n) is 2.25. The molecule has 0 radical (unpaired) electrons. The monoisotopic (exact) mass is 186 g/mol. The van der Waals surface area contributed by atoms with Gasteiger partial charge in [0.25, 0.3) is 0 Å². The van der Waals surface area contributed by atoms with Crippen molar-refractivity contribution in [2.24, 2.45) is 0 Å². The first-order valence-corrected chi connectivity index (χ1v) is 5.03. The van der Waals surface area contributed by atoms with E-state index in [2.05, 4.69) is 31.4 Å². The summed E-state index contributed by atoms with van der Waals surface area (Å²) in [7, 11) is 0. The van der Waals surface area contributed by atoms with E-state index in [-0.39, 0.29) is 5.54 Å². The maximum Gasteiger partial charge on any atom is 0.166 e. The maximum absolute atomic E-state index is 5.16. The molecule has 1 saturated carbocycles. The van der Waals surface area contributed by atoms with Gasteiger partial charge in [-0.2, -0.15) is 0 Å². The van der Waals surface area contributed by atoms with Crippen LogP contribution in [0.15, 0.2) is 0 Å². The van der Waals surface area contributed by atoms with E-state index in [9.17, 15) is 0 Å². The van der Waals surface area contributed by atoms with Crippen molar-refractivity contribution in [2.75, 3.05) is 0 Å². The summed E-state index contributed by atoms with van der Waals surface area (Å²) in [5.74, 6) is 0. The van der Waals surface area contributed by atoms with E-state index in [0.717, 1.165) is 11.5 Å². The van der Waals surface area contributed by atoms with Crippen molar-refractivity contribution in [3.05, 3.63) is 0 Å². The predicted molar refractivity (Wildman–Crippen MR) is 56.3 cm³/mol. The first-order chi connectivity index (χ1) is 5.53. The van der Waals surface area contributed by atoms with Gasteiger partial charge in [0.05, 0.1) is 0 Å². The van der Waals surface area contributed by atoms with Crippen molar-refractivity contribution in [2.45, 2.75) is 51.6 Å². The topological polar surface area (TPSA) is 24.1 Å². The van der Waals surface area contributed by atoms with E-state index >= 15 is 0 Å². The zero-order valence-corrected chi connectivity index (χ0v) is 8.92. The Balaban J connectivity index is 2.23. The molecule has 70 valence electrons. The lowest BCUT2D eigenvalue weighted by Crippen LogP contribution is -2.48. The second-order valence-electron chi connectivity index (χ2n) is 4.11. The Hall–Kier alpha value is -0.310. The Morgan fingerprint density at radius 1 is 1.50 bits per heavy atom. The van der Waals surface area contributed by atoms with Crippen LogP contribution in [0, 0.1) is 0 Å². The highest BCUT2D eigenvalue weighted by atomic mass is 32.1. The minimum Gasteiger partial charge on any atom is -0.360 e. The van der Waals surface area contributed by atoms with E-state index in [4.69, 9.17) is 12.2 Å². The van der Waals surface area contributed by atoms with Gasteiger partial charge in [-0.3, -0.25) is 0 Å². The number of hydrogen-bond acceptors (Lipinski definition) is 1. The van der Waals surface area contributed by atoms with E-state index in [1.165, 1.54) is 12.8 Å². The maximum atomic E-state index is 5.16. The van der Waals surface area contributed by atoms with Gasteiger partial charge in [0.1, 0.15) is 0 Å². The molecule has 1 rings (SSSR count). The lowest BCUT2D eigenvalue weighted by atomic mass is 10.0. The molecule has 0 aromatic heterocycles. The molecule has 0 aromatic carbocycles. The number of hydrogen-bond donors (Lipinski definition) is 2. The molecule has 12 heavy (non-hydrogen) atoms. The van der Waals surface area contributed by atoms with E-state index in [0.29, 0.717) is 6.04 Å². The fraction of sp³-hybridized carbons (Fsp3) is 0.889. The lowest BCUT2D eigenvalue weighted by Gasteiger charge is -2.26. The van der Waals surface area contributed by atoms with Crippen molar-refractivity contribution in [3.8, 4) is 0 Å². The molecule has 3 heteroatoms. The van der Waals surface area contributed by atoms with Gasteiger partial charge in [0.2, 0.25) is 0 Å². The summed E-state index contributed by atoms with van der Waals surface area (Å²) < 4.78 is 0. The summed E-state index contributed by atoms with van der Waals surface area (Å²) >= 11 is 5.16. The highest BCUT2D eigenvalue weighted by molar-refractivity contribution is 7.80. The van der Waals surface area contributed by atoms with Crippen LogP contribution >= 0.6 is 12.2 Å². The first kappa shape index (κ1) is 9.78. The molecule has 0 amide bonds. The van der Waals surface area contributed by atoms with Crippen LogP contribution in [-0.4, -0.2) is 16.7 Å². The Labute approximate surface area is 80.1 Å². The van der Waals surface area contributed by atoms with E-state index in [1.807, 2.05) is 0 Å². The van der Waals surface area contributed by atoms with Crippen LogP contribution in [0.1, 0.15) is 40.0 Å². The van der Waals surface area contributed by atoms with Crippen LogP contribution in [0.3, 0.4) is 0 Å². The Morgan fingerprint density at radius 2 is 2.08 bits per heavy atom. The average molecular weight is 186 g/mol. The molecule has 0 aromatic rings. The SMILES string of the molecule is CCC(C)(C)NC(=S)NC1CC1. The quantitative estimate of drug-likeness (QED) is 0.657. The molecule has 0 unspecified atom stereocenters. The van der Waals surface area contributed by atoms with Gasteiger partial charge in [-0.15, -0.1) is 0 Å². The third kappa shape index (κ3) is 3.39. The van der Waals surface area contributed by atoms with E-state index in [1.54, 1.807) is 0 Å². The van der Waals surface area contributed by atoms with E-state index < -0.39 is 0 Å². The van der Waals surface area contributed by atoms with Crippen molar-refractivity contribution >= 4 is 17.3 Å². The predicted octanol–water partition coefficient (Wildman–Crippen LogP) is 1.80. The summed E-state index contributed by atoms with van der Waals surface area (Å²) in [6.07, 6.45) is 3.63. The van der Waals surface area contributed by atoms with Crippen molar-refractivity contribution in [3.63, 3.8) is 0 Å². The van der Waals surface area contributed by atoms with Crippen LogP contribution in [0.2, 0.25) is 0 Å². The highest BCUT2D eigenvalue weighted by Crippen LogP contribution is 2.18. The average Bonchev–Trinajstić information content (AvgIpc) is 2.70.